The molecule has 0 aliphatic rings. The molecule has 2 N–H and O–H groups in total. The number of methoxy groups -OCH3 is 1. The molecule has 0 bridgehead atoms. The molecule has 0 saturated heterocycles. The molecule has 0 aliphatic carbocycles. The average Bonchev–Trinajstić information content (AvgIpc) is 2.66. The predicted molar refractivity (Wildman–Crippen MR) is 107 cm³/mol. The van der Waals surface area contributed by atoms with E-state index in [1.807, 2.05) is 57.2 Å². The molecule has 5 heteroatoms. The van der Waals surface area contributed by atoms with Gasteiger partial charge in [0.1, 0.15) is 11.8 Å². The molecule has 0 aromatic heterocycles. The quantitative estimate of drug-likeness (QED) is 0.752. The third-order valence-corrected chi connectivity index (χ3v) is 4.42. The molecule has 2 rings (SSSR count). The highest BCUT2D eigenvalue weighted by molar-refractivity contribution is 5.97. The van der Waals surface area contributed by atoms with Gasteiger partial charge < -0.3 is 15.4 Å². The van der Waals surface area contributed by atoms with Crippen LogP contribution in [0.5, 0.6) is 5.75 Å². The summed E-state index contributed by atoms with van der Waals surface area (Å²) in [5.41, 5.74) is 2.75. The summed E-state index contributed by atoms with van der Waals surface area (Å²) >= 11 is 0. The van der Waals surface area contributed by atoms with Crippen molar-refractivity contribution in [3.05, 3.63) is 65.2 Å². The summed E-state index contributed by atoms with van der Waals surface area (Å²) in [6, 6.07) is 14.5. The second-order valence-corrected chi connectivity index (χ2v) is 6.95. The first-order valence-corrected chi connectivity index (χ1v) is 9.19. The first kappa shape index (κ1) is 20.5. The number of aryl methyl sites for hydroxylation is 1. The Hall–Kier alpha value is -2.82. The number of carbonyl (C=O) groups is 2. The number of ether oxygens (including phenoxy) is 1. The van der Waals surface area contributed by atoms with Crippen LogP contribution in [-0.2, 0) is 11.2 Å². The van der Waals surface area contributed by atoms with Crippen molar-refractivity contribution in [2.75, 3.05) is 13.7 Å². The highest BCUT2D eigenvalue weighted by Crippen LogP contribution is 2.11. The summed E-state index contributed by atoms with van der Waals surface area (Å²) in [7, 11) is 1.63. The zero-order valence-electron chi connectivity index (χ0n) is 16.4. The van der Waals surface area contributed by atoms with E-state index in [-0.39, 0.29) is 17.7 Å². The normalized spacial score (nSPS) is 11.7. The van der Waals surface area contributed by atoms with E-state index in [4.69, 9.17) is 4.74 Å². The minimum atomic E-state index is -0.574. The summed E-state index contributed by atoms with van der Waals surface area (Å²) in [5, 5.41) is 5.77. The molecule has 0 saturated carbocycles. The van der Waals surface area contributed by atoms with E-state index in [1.165, 1.54) is 0 Å². The zero-order chi connectivity index (χ0) is 19.8. The third-order valence-electron chi connectivity index (χ3n) is 4.42. The maximum Gasteiger partial charge on any atom is 0.251 e. The van der Waals surface area contributed by atoms with Crippen LogP contribution in [0.15, 0.2) is 48.5 Å². The Balaban J connectivity index is 1.89. The predicted octanol–water partition coefficient (Wildman–Crippen LogP) is 3.12. The molecule has 27 heavy (non-hydrogen) atoms. The second kappa shape index (κ2) is 9.76. The molecule has 0 fully saturated rings. The maximum absolute atomic E-state index is 12.6. The lowest BCUT2D eigenvalue weighted by Gasteiger charge is -2.22. The zero-order valence-corrected chi connectivity index (χ0v) is 16.4. The summed E-state index contributed by atoms with van der Waals surface area (Å²) in [5.74, 6) is 0.389. The van der Waals surface area contributed by atoms with E-state index in [0.29, 0.717) is 18.5 Å². The van der Waals surface area contributed by atoms with Gasteiger partial charge in [0.05, 0.1) is 7.11 Å². The van der Waals surface area contributed by atoms with Crippen LogP contribution in [0, 0.1) is 12.8 Å². The van der Waals surface area contributed by atoms with Crippen LogP contribution >= 0.6 is 0 Å². The molecule has 0 spiro atoms. The standard InChI is InChI=1S/C22H28N2O3/c1-15(2)20(24-21(25)18-9-5-16(3)6-10-18)22(26)23-14-13-17-7-11-19(27-4)12-8-17/h5-12,15,20H,13-14H2,1-4H3,(H,23,26)(H,24,25). The van der Waals surface area contributed by atoms with E-state index in [9.17, 15) is 9.59 Å². The first-order chi connectivity index (χ1) is 12.9. The largest absolute Gasteiger partial charge is 0.497 e. The molecule has 0 radical (unpaired) electrons. The van der Waals surface area contributed by atoms with Crippen molar-refractivity contribution in [1.82, 2.24) is 10.6 Å². The number of rotatable bonds is 8. The van der Waals surface area contributed by atoms with Gasteiger partial charge in [-0.05, 0) is 49.1 Å². The van der Waals surface area contributed by atoms with Gasteiger partial charge in [-0.2, -0.15) is 0 Å². The third kappa shape index (κ3) is 6.13. The van der Waals surface area contributed by atoms with Gasteiger partial charge in [0, 0.05) is 12.1 Å². The van der Waals surface area contributed by atoms with Crippen LogP contribution in [0.3, 0.4) is 0 Å². The van der Waals surface area contributed by atoms with Crippen LogP contribution < -0.4 is 15.4 Å². The lowest BCUT2D eigenvalue weighted by Crippen LogP contribution is -2.50. The molecule has 0 heterocycles. The second-order valence-electron chi connectivity index (χ2n) is 6.95. The summed E-state index contributed by atoms with van der Waals surface area (Å²) in [6.45, 7) is 6.32. The Morgan fingerprint density at radius 2 is 1.63 bits per heavy atom. The fraction of sp³-hybridized carbons (Fsp3) is 0.364. The van der Waals surface area contributed by atoms with Crippen molar-refractivity contribution in [3.63, 3.8) is 0 Å². The molecule has 0 aliphatic heterocycles. The number of amides is 2. The number of benzene rings is 2. The summed E-state index contributed by atoms with van der Waals surface area (Å²) in [6.07, 6.45) is 0.715. The van der Waals surface area contributed by atoms with Gasteiger partial charge in [0.25, 0.3) is 5.91 Å². The van der Waals surface area contributed by atoms with Crippen molar-refractivity contribution in [2.45, 2.75) is 33.2 Å². The summed E-state index contributed by atoms with van der Waals surface area (Å²) < 4.78 is 5.14. The van der Waals surface area contributed by atoms with E-state index in [2.05, 4.69) is 10.6 Å². The molecular weight excluding hydrogens is 340 g/mol. The highest BCUT2D eigenvalue weighted by atomic mass is 16.5. The number of carbonyl (C=O) groups excluding carboxylic acids is 2. The van der Waals surface area contributed by atoms with Crippen LogP contribution in [0.1, 0.15) is 35.3 Å². The van der Waals surface area contributed by atoms with Crippen LogP contribution in [0.25, 0.3) is 0 Å². The fourth-order valence-corrected chi connectivity index (χ4v) is 2.70. The fourth-order valence-electron chi connectivity index (χ4n) is 2.70. The highest BCUT2D eigenvalue weighted by Gasteiger charge is 2.24. The number of hydrogen-bond donors (Lipinski definition) is 2. The van der Waals surface area contributed by atoms with Crippen molar-refractivity contribution < 1.29 is 14.3 Å². The van der Waals surface area contributed by atoms with Gasteiger partial charge in [-0.25, -0.2) is 0 Å². The molecule has 144 valence electrons. The van der Waals surface area contributed by atoms with Crippen LogP contribution in [0.4, 0.5) is 0 Å². The van der Waals surface area contributed by atoms with E-state index < -0.39 is 6.04 Å². The Morgan fingerprint density at radius 1 is 1.00 bits per heavy atom. The van der Waals surface area contributed by atoms with E-state index in [1.54, 1.807) is 19.2 Å². The van der Waals surface area contributed by atoms with Gasteiger partial charge in [-0.1, -0.05) is 43.7 Å². The lowest BCUT2D eigenvalue weighted by atomic mass is 10.0. The summed E-state index contributed by atoms with van der Waals surface area (Å²) in [4.78, 5) is 25.0. The minimum absolute atomic E-state index is 0.0135. The average molecular weight is 368 g/mol. The lowest BCUT2D eigenvalue weighted by molar-refractivity contribution is -0.123. The molecular formula is C22H28N2O3. The molecule has 5 nitrogen and oxygen atoms in total. The maximum atomic E-state index is 12.6. The van der Waals surface area contributed by atoms with Gasteiger partial charge in [-0.15, -0.1) is 0 Å². The molecule has 1 unspecified atom stereocenters. The number of hydrogen-bond acceptors (Lipinski definition) is 3. The molecule has 1 atom stereocenters. The Morgan fingerprint density at radius 3 is 2.19 bits per heavy atom. The molecule has 2 aromatic carbocycles. The number of nitrogens with one attached hydrogen (secondary N) is 2. The molecule has 2 amide bonds. The Labute approximate surface area is 161 Å². The smallest absolute Gasteiger partial charge is 0.251 e. The van der Waals surface area contributed by atoms with Crippen molar-refractivity contribution >= 4 is 11.8 Å². The van der Waals surface area contributed by atoms with Gasteiger partial charge in [0.2, 0.25) is 5.91 Å². The van der Waals surface area contributed by atoms with Crippen molar-refractivity contribution in [3.8, 4) is 5.75 Å². The topological polar surface area (TPSA) is 67.4 Å². The van der Waals surface area contributed by atoms with Crippen molar-refractivity contribution in [1.29, 1.82) is 0 Å². The van der Waals surface area contributed by atoms with E-state index >= 15 is 0 Å². The first-order valence-electron chi connectivity index (χ1n) is 9.19. The van der Waals surface area contributed by atoms with Crippen LogP contribution in [-0.4, -0.2) is 31.5 Å². The van der Waals surface area contributed by atoms with Gasteiger partial charge in [0.15, 0.2) is 0 Å². The Bertz CT molecular complexity index is 752. The minimum Gasteiger partial charge on any atom is -0.497 e. The molecule has 2 aromatic rings. The van der Waals surface area contributed by atoms with Gasteiger partial charge in [-0.3, -0.25) is 9.59 Å². The Kier molecular flexibility index (Phi) is 7.41. The SMILES string of the molecule is COc1ccc(CCNC(=O)C(NC(=O)c2ccc(C)cc2)C(C)C)cc1. The van der Waals surface area contributed by atoms with Crippen LogP contribution in [0.2, 0.25) is 0 Å². The van der Waals surface area contributed by atoms with Crippen molar-refractivity contribution in [2.24, 2.45) is 5.92 Å². The van der Waals surface area contributed by atoms with Gasteiger partial charge >= 0.3 is 0 Å². The monoisotopic (exact) mass is 368 g/mol. The van der Waals surface area contributed by atoms with E-state index in [0.717, 1.165) is 16.9 Å².